The summed E-state index contributed by atoms with van der Waals surface area (Å²) in [6, 6.07) is 3.61. The lowest BCUT2D eigenvalue weighted by Gasteiger charge is -2.28. The number of carbonyl (C=O) groups is 1. The summed E-state index contributed by atoms with van der Waals surface area (Å²) in [4.78, 5) is 16.3. The van der Waals surface area contributed by atoms with Crippen molar-refractivity contribution >= 4 is 11.7 Å². The summed E-state index contributed by atoms with van der Waals surface area (Å²) in [6.45, 7) is 5.41. The summed E-state index contributed by atoms with van der Waals surface area (Å²) in [5.74, 6) is 0.266. The largest absolute Gasteiger partial charge is 0.506 e. The molecule has 0 saturated heterocycles. The number of methoxy groups -OCH3 is 1. The van der Waals surface area contributed by atoms with E-state index in [0.717, 1.165) is 19.3 Å². The van der Waals surface area contributed by atoms with Crippen molar-refractivity contribution in [2.75, 3.05) is 7.11 Å². The summed E-state index contributed by atoms with van der Waals surface area (Å²) >= 11 is 0. The van der Waals surface area contributed by atoms with E-state index in [1.54, 1.807) is 13.1 Å². The quantitative estimate of drug-likeness (QED) is 0.636. The Morgan fingerprint density at radius 1 is 1.37 bits per heavy atom. The number of aromatic nitrogens is 4. The maximum absolute atomic E-state index is 11.8. The van der Waals surface area contributed by atoms with Gasteiger partial charge in [-0.25, -0.2) is 9.67 Å². The molecule has 27 heavy (non-hydrogen) atoms. The van der Waals surface area contributed by atoms with Crippen LogP contribution in [0.25, 0.3) is 17.1 Å². The SMILES string of the molecule is C=C(O)c1c(-c2ccc(O[C@H]3CCC[C@H](C(=O)OC)C3)c(C)n2)nnn1C. The average molecular weight is 372 g/mol. The number of hydrogen-bond donors (Lipinski definition) is 1. The van der Waals surface area contributed by atoms with E-state index in [4.69, 9.17) is 9.47 Å². The topological polar surface area (TPSA) is 99.4 Å². The van der Waals surface area contributed by atoms with Crippen LogP contribution in [0.1, 0.15) is 37.1 Å². The summed E-state index contributed by atoms with van der Waals surface area (Å²) in [5.41, 5.74) is 2.16. The zero-order valence-corrected chi connectivity index (χ0v) is 15.8. The third-order valence-corrected chi connectivity index (χ3v) is 4.83. The highest BCUT2D eigenvalue weighted by Crippen LogP contribution is 2.31. The van der Waals surface area contributed by atoms with Gasteiger partial charge in [-0.1, -0.05) is 11.8 Å². The predicted octanol–water partition coefficient (Wildman–Crippen LogP) is 2.82. The molecule has 3 rings (SSSR count). The van der Waals surface area contributed by atoms with Gasteiger partial charge in [-0.15, -0.1) is 5.10 Å². The molecule has 0 bridgehead atoms. The van der Waals surface area contributed by atoms with Gasteiger partial charge in [0.15, 0.2) is 0 Å². The van der Waals surface area contributed by atoms with Crippen molar-refractivity contribution in [1.29, 1.82) is 0 Å². The molecule has 0 spiro atoms. The van der Waals surface area contributed by atoms with Gasteiger partial charge in [0.25, 0.3) is 0 Å². The maximum atomic E-state index is 11.8. The van der Waals surface area contributed by atoms with Crippen LogP contribution >= 0.6 is 0 Å². The second-order valence-electron chi connectivity index (χ2n) is 6.76. The number of nitrogens with zero attached hydrogens (tertiary/aromatic N) is 4. The fourth-order valence-electron chi connectivity index (χ4n) is 3.47. The van der Waals surface area contributed by atoms with Crippen LogP contribution in [0.3, 0.4) is 0 Å². The molecule has 0 unspecified atom stereocenters. The molecule has 1 aliphatic rings. The van der Waals surface area contributed by atoms with Gasteiger partial charge >= 0.3 is 5.97 Å². The molecule has 8 nitrogen and oxygen atoms in total. The lowest BCUT2D eigenvalue weighted by Crippen LogP contribution is -2.30. The second-order valence-corrected chi connectivity index (χ2v) is 6.76. The maximum Gasteiger partial charge on any atom is 0.308 e. The molecule has 8 heteroatoms. The van der Waals surface area contributed by atoms with Crippen LogP contribution in [0, 0.1) is 12.8 Å². The van der Waals surface area contributed by atoms with Crippen LogP contribution in [0.4, 0.5) is 0 Å². The minimum Gasteiger partial charge on any atom is -0.506 e. The van der Waals surface area contributed by atoms with Crippen molar-refractivity contribution in [1.82, 2.24) is 20.0 Å². The van der Waals surface area contributed by atoms with Gasteiger partial charge < -0.3 is 14.6 Å². The van der Waals surface area contributed by atoms with Crippen LogP contribution in [-0.2, 0) is 16.6 Å². The lowest BCUT2D eigenvalue weighted by atomic mass is 9.87. The molecule has 2 aromatic heterocycles. The summed E-state index contributed by atoms with van der Waals surface area (Å²) in [6.07, 6.45) is 3.26. The van der Waals surface area contributed by atoms with E-state index in [-0.39, 0.29) is 23.8 Å². The Morgan fingerprint density at radius 2 is 2.15 bits per heavy atom. The number of aliphatic hydroxyl groups is 1. The molecule has 2 atom stereocenters. The van der Waals surface area contributed by atoms with E-state index in [1.807, 2.05) is 13.0 Å². The van der Waals surface area contributed by atoms with Gasteiger partial charge in [0, 0.05) is 7.05 Å². The zero-order valence-electron chi connectivity index (χ0n) is 15.8. The van der Waals surface area contributed by atoms with E-state index < -0.39 is 0 Å². The molecule has 2 heterocycles. The first kappa shape index (κ1) is 18.9. The molecule has 1 fully saturated rings. The Hall–Kier alpha value is -2.90. The molecule has 0 aliphatic heterocycles. The van der Waals surface area contributed by atoms with E-state index in [9.17, 15) is 9.90 Å². The number of rotatable bonds is 5. The zero-order chi connectivity index (χ0) is 19.6. The van der Waals surface area contributed by atoms with E-state index in [1.165, 1.54) is 11.8 Å². The van der Waals surface area contributed by atoms with Crippen LogP contribution in [0.15, 0.2) is 18.7 Å². The number of aliphatic hydroxyl groups excluding tert-OH is 1. The third kappa shape index (κ3) is 3.94. The van der Waals surface area contributed by atoms with Gasteiger partial charge in [-0.05, 0) is 44.7 Å². The molecule has 0 aromatic carbocycles. The van der Waals surface area contributed by atoms with E-state index in [0.29, 0.717) is 34.9 Å². The van der Waals surface area contributed by atoms with Crippen molar-refractivity contribution in [3.63, 3.8) is 0 Å². The van der Waals surface area contributed by atoms with E-state index >= 15 is 0 Å². The Kier molecular flexibility index (Phi) is 5.43. The first-order valence-electron chi connectivity index (χ1n) is 8.91. The number of esters is 1. The fourth-order valence-corrected chi connectivity index (χ4v) is 3.47. The molecule has 144 valence electrons. The number of hydrogen-bond acceptors (Lipinski definition) is 7. The van der Waals surface area contributed by atoms with Crippen LogP contribution in [0.5, 0.6) is 5.75 Å². The van der Waals surface area contributed by atoms with Crippen LogP contribution in [-0.4, -0.2) is 44.3 Å². The molecular formula is C19H24N4O4. The summed E-state index contributed by atoms with van der Waals surface area (Å²) in [5, 5.41) is 17.8. The number of ether oxygens (including phenoxy) is 2. The Bertz CT molecular complexity index is 861. The molecule has 0 amide bonds. The highest BCUT2D eigenvalue weighted by molar-refractivity contribution is 5.72. The Morgan fingerprint density at radius 3 is 2.81 bits per heavy atom. The smallest absolute Gasteiger partial charge is 0.308 e. The van der Waals surface area contributed by atoms with Gasteiger partial charge in [-0.3, -0.25) is 4.79 Å². The predicted molar refractivity (Wildman–Crippen MR) is 99.0 cm³/mol. The van der Waals surface area contributed by atoms with Crippen LogP contribution in [0.2, 0.25) is 0 Å². The van der Waals surface area contributed by atoms with Crippen molar-refractivity contribution < 1.29 is 19.4 Å². The van der Waals surface area contributed by atoms with Gasteiger partial charge in [0.05, 0.1) is 30.5 Å². The first-order valence-corrected chi connectivity index (χ1v) is 8.91. The number of carbonyl (C=O) groups excluding carboxylic acids is 1. The average Bonchev–Trinajstić information content (AvgIpc) is 3.04. The van der Waals surface area contributed by atoms with Crippen molar-refractivity contribution in [3.05, 3.63) is 30.1 Å². The molecular weight excluding hydrogens is 348 g/mol. The normalized spacial score (nSPS) is 19.5. The fraction of sp³-hybridized carbons (Fsp3) is 0.474. The highest BCUT2D eigenvalue weighted by Gasteiger charge is 2.29. The van der Waals surface area contributed by atoms with Gasteiger partial charge in [0.2, 0.25) is 0 Å². The Labute approximate surface area is 157 Å². The van der Waals surface area contributed by atoms with Crippen molar-refractivity contribution in [2.45, 2.75) is 38.7 Å². The standard InChI is InChI=1S/C19H24N4O4/c1-11-16(27-14-7-5-6-13(10-14)19(25)26-4)9-8-15(20-11)17-18(12(2)24)23(3)22-21-17/h8-9,13-14,24H,2,5-7,10H2,1,3-4H3/t13-,14-/m0/s1. The van der Waals surface area contributed by atoms with Gasteiger partial charge in [0.1, 0.15) is 22.9 Å². The lowest BCUT2D eigenvalue weighted by molar-refractivity contribution is -0.147. The molecule has 2 aromatic rings. The minimum absolute atomic E-state index is 0.0431. The van der Waals surface area contributed by atoms with Crippen LogP contribution < -0.4 is 4.74 Å². The van der Waals surface area contributed by atoms with Gasteiger partial charge in [-0.2, -0.15) is 0 Å². The highest BCUT2D eigenvalue weighted by atomic mass is 16.5. The molecule has 1 aliphatic carbocycles. The number of pyridine rings is 1. The molecule has 1 N–H and O–H groups in total. The summed E-state index contributed by atoms with van der Waals surface area (Å²) in [7, 11) is 3.10. The van der Waals surface area contributed by atoms with Crippen molar-refractivity contribution in [2.24, 2.45) is 13.0 Å². The first-order chi connectivity index (χ1) is 12.9. The summed E-state index contributed by atoms with van der Waals surface area (Å²) < 4.78 is 12.4. The Balaban J connectivity index is 1.78. The van der Waals surface area contributed by atoms with Crippen molar-refractivity contribution in [3.8, 4) is 17.1 Å². The second kappa shape index (κ2) is 7.77. The van der Waals surface area contributed by atoms with E-state index in [2.05, 4.69) is 21.9 Å². The minimum atomic E-state index is -0.173. The number of aryl methyl sites for hydroxylation is 2. The monoisotopic (exact) mass is 372 g/mol. The third-order valence-electron chi connectivity index (χ3n) is 4.83. The molecule has 0 radical (unpaired) electrons. The molecule has 1 saturated carbocycles.